The molecule has 0 saturated carbocycles. The standard InChI is InChI=1S/C72H72N6O10S/c1-46(2)63(68(84)73-47(3)65(81)74-61(67(83)77-64(48(4)79)69(85)86)45-89-72(52-33-17-8-18-34-52,53-35-19-9-20-36-53)54-37-21-10-22-38-54)76-66(82)60(75-70(87)88-44-59-57-41-25-23-39-55(57)56-40-24-26-42-58(56)59)43-62(80)78-71(49-27-11-5-12-28-49,50-29-13-6-14-30-50)51-31-15-7-16-32-51/h5-42,46-48,59-61,63-64,79H,43-45H2,1-4H3,(H,73,84)(H,74,81)(H,75,87)(H,76,82)(H,77,83)(H,78,80)(H,85,86)/t47-,48+,60-,61-,63-,64-/m0/s1. The second kappa shape index (κ2) is 29.2. The van der Waals surface area contributed by atoms with E-state index in [0.29, 0.717) is 16.7 Å². The van der Waals surface area contributed by atoms with Crippen molar-refractivity contribution >= 4 is 53.4 Å². The predicted octanol–water partition coefficient (Wildman–Crippen LogP) is 9.20. The summed E-state index contributed by atoms with van der Waals surface area (Å²) in [5.74, 6) is -6.77. The molecule has 8 aromatic rings. The average Bonchev–Trinajstić information content (AvgIpc) is 1.51. The lowest BCUT2D eigenvalue weighted by atomic mass is 9.77. The van der Waals surface area contributed by atoms with Crippen LogP contribution in [0.15, 0.2) is 231 Å². The third-order valence-electron chi connectivity index (χ3n) is 16.0. The van der Waals surface area contributed by atoms with Crippen molar-refractivity contribution in [1.82, 2.24) is 31.9 Å². The molecule has 0 aliphatic heterocycles. The summed E-state index contributed by atoms with van der Waals surface area (Å²) in [6.45, 7) is 5.84. The molecule has 0 bridgehead atoms. The number of alkyl carbamates (subject to hydrolysis) is 1. The number of rotatable bonds is 26. The number of carboxylic acids is 1. The number of fused-ring (bicyclic) bond motifs is 3. The van der Waals surface area contributed by atoms with E-state index >= 15 is 0 Å². The van der Waals surface area contributed by atoms with Crippen LogP contribution >= 0.6 is 11.8 Å². The number of thioether (sulfide) groups is 1. The summed E-state index contributed by atoms with van der Waals surface area (Å²) in [5.41, 5.74) is 7.30. The number of carboxylic acid groups (broad SMARTS) is 1. The highest BCUT2D eigenvalue weighted by molar-refractivity contribution is 8.00. The third-order valence-corrected chi connectivity index (χ3v) is 17.6. The van der Waals surface area contributed by atoms with Gasteiger partial charge in [0, 0.05) is 11.7 Å². The van der Waals surface area contributed by atoms with E-state index in [4.69, 9.17) is 4.74 Å². The first-order valence-corrected chi connectivity index (χ1v) is 30.5. The van der Waals surface area contributed by atoms with Gasteiger partial charge in [0.2, 0.25) is 29.5 Å². The van der Waals surface area contributed by atoms with Crippen LogP contribution in [0.1, 0.15) is 84.5 Å². The van der Waals surface area contributed by atoms with Gasteiger partial charge in [0.1, 0.15) is 36.3 Å². The van der Waals surface area contributed by atoms with Crippen molar-refractivity contribution in [1.29, 1.82) is 0 Å². The Morgan fingerprint density at radius 2 is 0.854 bits per heavy atom. The molecule has 0 spiro atoms. The smallest absolute Gasteiger partial charge is 0.407 e. The largest absolute Gasteiger partial charge is 0.480 e. The fourth-order valence-electron chi connectivity index (χ4n) is 11.5. The van der Waals surface area contributed by atoms with E-state index in [1.807, 2.05) is 231 Å². The minimum absolute atomic E-state index is 0.105. The third kappa shape index (κ3) is 14.6. The number of hydrogen-bond donors (Lipinski definition) is 8. The topological polar surface area (TPSA) is 241 Å². The van der Waals surface area contributed by atoms with Crippen molar-refractivity contribution in [2.24, 2.45) is 5.92 Å². The van der Waals surface area contributed by atoms with Gasteiger partial charge in [-0.1, -0.05) is 244 Å². The summed E-state index contributed by atoms with van der Waals surface area (Å²) in [7, 11) is 0. The zero-order chi connectivity index (χ0) is 63.1. The predicted molar refractivity (Wildman–Crippen MR) is 343 cm³/mol. The Kier molecular flexibility index (Phi) is 20.9. The minimum Gasteiger partial charge on any atom is -0.480 e. The van der Waals surface area contributed by atoms with Crippen molar-refractivity contribution in [2.45, 2.75) is 86.6 Å². The van der Waals surface area contributed by atoms with Gasteiger partial charge in [-0.2, -0.15) is 0 Å². The van der Waals surface area contributed by atoms with Crippen LogP contribution in [0.25, 0.3) is 11.1 Å². The molecule has 9 rings (SSSR count). The Balaban J connectivity index is 0.974. The zero-order valence-corrected chi connectivity index (χ0v) is 50.6. The van der Waals surface area contributed by atoms with Crippen LogP contribution < -0.4 is 31.9 Å². The molecular weight excluding hydrogens is 1140 g/mol. The molecule has 16 nitrogen and oxygen atoms in total. The van der Waals surface area contributed by atoms with Crippen molar-refractivity contribution in [3.8, 4) is 11.1 Å². The monoisotopic (exact) mass is 1210 g/mol. The molecule has 17 heteroatoms. The number of amides is 6. The average molecular weight is 1210 g/mol. The number of carbonyl (C=O) groups is 7. The SMILES string of the molecule is CC(C)[C@H](NC(=O)[C@H](CC(=O)NC(c1ccccc1)(c1ccccc1)c1ccccc1)NC(=O)OCC1c2ccccc2-c2ccccc21)C(=O)N[C@@H](C)C(=O)N[C@@H](CSC(c1ccccc1)(c1ccccc1)c1ccccc1)C(=O)N[C@H](C(=O)O)[C@@H](C)O. The number of nitrogens with one attached hydrogen (secondary N) is 6. The molecule has 0 radical (unpaired) electrons. The van der Waals surface area contributed by atoms with Crippen LogP contribution in [0.2, 0.25) is 0 Å². The molecule has 456 valence electrons. The van der Waals surface area contributed by atoms with Gasteiger partial charge >= 0.3 is 12.1 Å². The van der Waals surface area contributed by atoms with Crippen molar-refractivity contribution in [2.75, 3.05) is 12.4 Å². The molecule has 1 aliphatic carbocycles. The summed E-state index contributed by atoms with van der Waals surface area (Å²) in [6, 6.07) is 64.9. The van der Waals surface area contributed by atoms with Gasteiger partial charge in [0.25, 0.3) is 0 Å². The Morgan fingerprint density at radius 3 is 1.27 bits per heavy atom. The van der Waals surface area contributed by atoms with Gasteiger partial charge < -0.3 is 46.9 Å². The van der Waals surface area contributed by atoms with E-state index in [2.05, 4.69) is 31.9 Å². The fourth-order valence-corrected chi connectivity index (χ4v) is 13.0. The van der Waals surface area contributed by atoms with E-state index in [1.165, 1.54) is 25.6 Å². The van der Waals surface area contributed by atoms with Gasteiger partial charge in [0.15, 0.2) is 6.04 Å². The molecule has 8 aromatic carbocycles. The first-order chi connectivity index (χ1) is 43.0. The first-order valence-electron chi connectivity index (χ1n) is 29.5. The molecule has 6 amide bonds. The maximum Gasteiger partial charge on any atom is 0.407 e. The second-order valence-corrected chi connectivity index (χ2v) is 23.5. The van der Waals surface area contributed by atoms with E-state index in [-0.39, 0.29) is 18.3 Å². The van der Waals surface area contributed by atoms with Crippen molar-refractivity contribution < 1.29 is 48.5 Å². The van der Waals surface area contributed by atoms with Crippen LogP contribution in [0.3, 0.4) is 0 Å². The maximum atomic E-state index is 15.0. The number of benzene rings is 8. The lowest BCUT2D eigenvalue weighted by molar-refractivity contribution is -0.145. The van der Waals surface area contributed by atoms with Crippen molar-refractivity contribution in [3.63, 3.8) is 0 Å². The maximum absolute atomic E-state index is 15.0. The molecule has 0 unspecified atom stereocenters. The molecule has 0 fully saturated rings. The summed E-state index contributed by atoms with van der Waals surface area (Å²) < 4.78 is 4.94. The number of ether oxygens (including phenoxy) is 1. The highest BCUT2D eigenvalue weighted by atomic mass is 32.2. The Bertz CT molecular complexity index is 3490. The zero-order valence-electron chi connectivity index (χ0n) is 49.7. The molecule has 6 atom stereocenters. The summed E-state index contributed by atoms with van der Waals surface area (Å²) in [4.78, 5) is 99.9. The Hall–Kier alpha value is -9.84. The number of aliphatic hydroxyl groups excluding tert-OH is 1. The molecule has 0 aromatic heterocycles. The van der Waals surface area contributed by atoms with Gasteiger partial charge in [0.05, 0.1) is 17.3 Å². The molecule has 8 N–H and O–H groups in total. The quantitative estimate of drug-likeness (QED) is 0.0238. The number of aliphatic hydroxyl groups is 1. The second-order valence-electron chi connectivity index (χ2n) is 22.3. The van der Waals surface area contributed by atoms with E-state index < -0.39 is 101 Å². The summed E-state index contributed by atoms with van der Waals surface area (Å²) in [6.07, 6.45) is -3.15. The van der Waals surface area contributed by atoms with E-state index in [1.54, 1.807) is 13.8 Å². The van der Waals surface area contributed by atoms with Crippen LogP contribution in [0.4, 0.5) is 4.79 Å². The summed E-state index contributed by atoms with van der Waals surface area (Å²) in [5, 5.41) is 37.0. The number of hydrogen-bond acceptors (Lipinski definition) is 10. The Morgan fingerprint density at radius 1 is 0.461 bits per heavy atom. The van der Waals surface area contributed by atoms with Gasteiger partial charge in [-0.15, -0.1) is 11.8 Å². The number of carbonyl (C=O) groups excluding carboxylic acids is 6. The minimum atomic E-state index is -1.74. The van der Waals surface area contributed by atoms with Gasteiger partial charge in [-0.05, 0) is 75.4 Å². The molecule has 89 heavy (non-hydrogen) atoms. The van der Waals surface area contributed by atoms with Crippen molar-refractivity contribution in [3.05, 3.63) is 275 Å². The highest BCUT2D eigenvalue weighted by Crippen LogP contribution is 2.49. The summed E-state index contributed by atoms with van der Waals surface area (Å²) >= 11 is 1.32. The molecule has 1 aliphatic rings. The number of aliphatic carboxylic acids is 1. The molecular formula is C72H72N6O10S. The Labute approximate surface area is 522 Å². The van der Waals surface area contributed by atoms with Gasteiger partial charge in [-0.3, -0.25) is 24.0 Å². The first kappa shape index (κ1) is 63.7. The van der Waals surface area contributed by atoms with E-state index in [0.717, 1.165) is 38.9 Å². The lowest BCUT2D eigenvalue weighted by Gasteiger charge is -2.37. The normalized spacial score (nSPS) is 14.0. The lowest BCUT2D eigenvalue weighted by Crippen LogP contribution is -2.60. The van der Waals surface area contributed by atoms with Crippen LogP contribution in [-0.4, -0.2) is 100 Å². The van der Waals surface area contributed by atoms with Gasteiger partial charge in [-0.25, -0.2) is 9.59 Å². The fraction of sp³-hybridized carbons (Fsp3) is 0.236. The molecule has 0 saturated heterocycles. The van der Waals surface area contributed by atoms with Crippen LogP contribution in [0, 0.1) is 5.92 Å². The van der Waals surface area contributed by atoms with Crippen LogP contribution in [0.5, 0.6) is 0 Å². The van der Waals surface area contributed by atoms with Crippen LogP contribution in [-0.2, 0) is 43.8 Å². The van der Waals surface area contributed by atoms with E-state index in [9.17, 15) is 43.8 Å². The highest BCUT2D eigenvalue weighted by Gasteiger charge is 2.42. The molecule has 0 heterocycles.